The second-order valence-corrected chi connectivity index (χ2v) is 10.6. The summed E-state index contributed by atoms with van der Waals surface area (Å²) in [6, 6.07) is 3.82. The highest BCUT2D eigenvalue weighted by Crippen LogP contribution is 2.44. The monoisotopic (exact) mass is 590 g/mol. The van der Waals surface area contributed by atoms with E-state index in [-0.39, 0.29) is 41.8 Å². The molecule has 222 valence electrons. The Morgan fingerprint density at radius 1 is 1.10 bits per heavy atom. The third-order valence-electron chi connectivity index (χ3n) is 5.38. The summed E-state index contributed by atoms with van der Waals surface area (Å²) in [5, 5.41) is 44.5. The molecule has 1 aromatic carbocycles. The predicted octanol–water partition coefficient (Wildman–Crippen LogP) is -2.15. The summed E-state index contributed by atoms with van der Waals surface area (Å²) in [7, 11) is -3.46. The van der Waals surface area contributed by atoms with Crippen LogP contribution < -0.4 is 15.4 Å². The van der Waals surface area contributed by atoms with Crippen LogP contribution in [0, 0.1) is 5.92 Å². The number of hydrogen-bond donors (Lipinski definition) is 7. The molecule has 0 bridgehead atoms. The molecule has 7 N–H and O–H groups in total. The Labute approximate surface area is 229 Å². The number of anilines is 1. The zero-order chi connectivity index (χ0) is 30.2. The maximum Gasteiger partial charge on any atom is 0.472 e. The van der Waals surface area contributed by atoms with Crippen LogP contribution in [0.3, 0.4) is 0 Å². The van der Waals surface area contributed by atoms with Crippen molar-refractivity contribution in [2.24, 2.45) is 5.92 Å². The van der Waals surface area contributed by atoms with E-state index < -0.39 is 69.3 Å². The molecule has 1 unspecified atom stereocenters. The lowest BCUT2D eigenvalue weighted by Crippen LogP contribution is -2.61. The molecule has 0 radical (unpaired) electrons. The van der Waals surface area contributed by atoms with Crippen molar-refractivity contribution in [3.8, 4) is 5.75 Å². The summed E-state index contributed by atoms with van der Waals surface area (Å²) >= 11 is 0. The highest BCUT2D eigenvalue weighted by Gasteiger charge is 2.48. The predicted molar refractivity (Wildman–Crippen MR) is 137 cm³/mol. The molecule has 0 spiro atoms. The van der Waals surface area contributed by atoms with Crippen LogP contribution in [0.15, 0.2) is 18.2 Å². The number of nitrogens with one attached hydrogen (secondary N) is 2. The number of carboxylic acid groups (broad SMARTS) is 1. The largest absolute Gasteiger partial charge is 0.479 e. The number of ether oxygens (including phenoxy) is 2. The van der Waals surface area contributed by atoms with Gasteiger partial charge in [-0.2, -0.15) is 0 Å². The topological polar surface area (TPSA) is 247 Å². The van der Waals surface area contributed by atoms with E-state index in [1.807, 2.05) is 0 Å². The second kappa shape index (κ2) is 14.7. The summed E-state index contributed by atoms with van der Waals surface area (Å²) < 4.78 is 32.0. The molecule has 6 atom stereocenters. The maximum atomic E-state index is 12.6. The molecule has 0 aliphatic carbocycles. The Bertz CT molecular complexity index is 1130. The number of aliphatic carboxylic acids is 1. The Hall–Kier alpha value is -2.89. The number of aliphatic hydroxyl groups is 3. The molecule has 1 fully saturated rings. The van der Waals surface area contributed by atoms with Gasteiger partial charge in [-0.3, -0.25) is 18.6 Å². The first-order valence-corrected chi connectivity index (χ1v) is 13.5. The third-order valence-corrected chi connectivity index (χ3v) is 6.29. The van der Waals surface area contributed by atoms with Crippen LogP contribution >= 0.6 is 7.82 Å². The summed E-state index contributed by atoms with van der Waals surface area (Å²) in [5.74, 6) is -2.98. The second-order valence-electron chi connectivity index (χ2n) is 9.14. The van der Waals surface area contributed by atoms with Crippen molar-refractivity contribution in [3.63, 3.8) is 0 Å². The maximum absolute atomic E-state index is 12.6. The molecule has 1 aromatic rings. The first-order chi connectivity index (χ1) is 18.6. The van der Waals surface area contributed by atoms with Crippen LogP contribution in [0.25, 0.3) is 0 Å². The first kappa shape index (κ1) is 33.3. The van der Waals surface area contributed by atoms with Crippen molar-refractivity contribution in [3.05, 3.63) is 23.8 Å². The number of rotatable bonds is 14. The average molecular weight is 590 g/mol. The van der Waals surface area contributed by atoms with Gasteiger partial charge < -0.3 is 50.2 Å². The molecule has 0 aromatic heterocycles. The van der Waals surface area contributed by atoms with E-state index in [0.717, 1.165) is 7.85 Å². The first-order valence-electron chi connectivity index (χ1n) is 12.0. The lowest BCUT2D eigenvalue weighted by molar-refractivity contribution is -0.271. The lowest BCUT2D eigenvalue weighted by Gasteiger charge is -2.38. The van der Waals surface area contributed by atoms with Gasteiger partial charge in [0, 0.05) is 18.9 Å². The molecule has 16 nitrogen and oxygen atoms in total. The quantitative estimate of drug-likeness (QED) is 0.0902. The Morgan fingerprint density at radius 2 is 1.77 bits per heavy atom. The average Bonchev–Trinajstić information content (AvgIpc) is 2.87. The van der Waals surface area contributed by atoms with Crippen molar-refractivity contribution in [2.45, 2.75) is 57.6 Å². The van der Waals surface area contributed by atoms with Crippen LogP contribution in [-0.2, 0) is 44.1 Å². The smallest absolute Gasteiger partial charge is 0.472 e. The van der Waals surface area contributed by atoms with Gasteiger partial charge in [-0.1, -0.05) is 19.9 Å². The summed E-state index contributed by atoms with van der Waals surface area (Å²) in [5.41, 5.74) is -0.383. The van der Waals surface area contributed by atoms with Gasteiger partial charge in [-0.05, 0) is 17.7 Å². The fraction of sp³-hybridized carbons (Fsp3) is 0.545. The highest BCUT2D eigenvalue weighted by molar-refractivity contribution is 7.47. The van der Waals surface area contributed by atoms with Crippen LogP contribution in [-0.4, -0.2) is 100 Å². The molecule has 18 heteroatoms. The number of phosphoric acid groups is 1. The SMILES string of the molecule is BC(=O)COP(=O)(O)OCc1ccc(O[C@@H]2O[C@H](C(=O)O)[C@@H](O)[C@H](O)[C@H]2O)c(NC(=O)CCNC(=O)C(C)C)c1. The number of amides is 2. The fourth-order valence-electron chi connectivity index (χ4n) is 3.22. The molecule has 1 heterocycles. The van der Waals surface area contributed by atoms with E-state index in [4.69, 9.17) is 14.0 Å². The van der Waals surface area contributed by atoms with Crippen LogP contribution in [0.2, 0.25) is 0 Å². The molecule has 0 saturated carbocycles. The molecule has 1 saturated heterocycles. The zero-order valence-electron chi connectivity index (χ0n) is 21.9. The molecule has 40 heavy (non-hydrogen) atoms. The number of benzene rings is 1. The zero-order valence-corrected chi connectivity index (χ0v) is 22.8. The van der Waals surface area contributed by atoms with Gasteiger partial charge >= 0.3 is 13.8 Å². The number of aliphatic hydroxyl groups excluding tert-OH is 3. The van der Waals surface area contributed by atoms with Gasteiger partial charge in [0.15, 0.2) is 14.0 Å². The van der Waals surface area contributed by atoms with Crippen molar-refractivity contribution in [1.82, 2.24) is 5.32 Å². The van der Waals surface area contributed by atoms with E-state index in [0.29, 0.717) is 0 Å². The normalized spacial score (nSPS) is 24.1. The summed E-state index contributed by atoms with van der Waals surface area (Å²) in [6.07, 6.45) is -9.68. The number of carboxylic acids is 1. The van der Waals surface area contributed by atoms with E-state index >= 15 is 0 Å². The standard InChI is InChI=1S/C22H32BN2O14P/c1-10(2)20(31)24-6-5-15(27)25-12-7-11(8-36-40(34,35)37-9-14(23)26)3-4-13(12)38-22-18(30)16(28)17(29)19(39-22)21(32)33/h3-4,7,10,16-19,22,28-30H,5-6,8-9,23H2,1-2H3,(H,24,31)(H,25,27)(H,32,33)(H,34,35)/t16-,17-,18+,19-,22+/m0/s1. The van der Waals surface area contributed by atoms with Crippen LogP contribution in [0.5, 0.6) is 5.75 Å². The van der Waals surface area contributed by atoms with Crippen LogP contribution in [0.4, 0.5) is 5.69 Å². The number of phosphoric ester groups is 1. The Kier molecular flexibility index (Phi) is 12.2. The van der Waals surface area contributed by atoms with Crippen molar-refractivity contribution in [2.75, 3.05) is 18.5 Å². The minimum atomic E-state index is -4.60. The minimum absolute atomic E-state index is 0.00214. The van der Waals surface area contributed by atoms with Gasteiger partial charge in [-0.25, -0.2) is 9.36 Å². The molecule has 2 amide bonds. The Morgan fingerprint density at radius 3 is 2.38 bits per heavy atom. The molecule has 1 aliphatic heterocycles. The van der Waals surface area contributed by atoms with Crippen molar-refractivity contribution >= 4 is 44.8 Å². The van der Waals surface area contributed by atoms with Gasteiger partial charge in [-0.15, -0.1) is 0 Å². The highest BCUT2D eigenvalue weighted by atomic mass is 31.2. The fourth-order valence-corrected chi connectivity index (χ4v) is 3.96. The van der Waals surface area contributed by atoms with Crippen molar-refractivity contribution in [1.29, 1.82) is 0 Å². The van der Waals surface area contributed by atoms with E-state index in [1.54, 1.807) is 13.8 Å². The molecular weight excluding hydrogens is 558 g/mol. The molecule has 1 aliphatic rings. The number of hydrogen-bond acceptors (Lipinski definition) is 12. The number of carbonyl (C=O) groups is 4. The molecular formula is C22H32BN2O14P. The third kappa shape index (κ3) is 9.94. The number of carbonyl (C=O) groups excluding carboxylic acids is 3. The van der Waals surface area contributed by atoms with Gasteiger partial charge in [0.25, 0.3) is 0 Å². The lowest BCUT2D eigenvalue weighted by atomic mass is 9.99. The van der Waals surface area contributed by atoms with Crippen LogP contribution in [0.1, 0.15) is 25.8 Å². The Balaban J connectivity index is 2.24. The van der Waals surface area contributed by atoms with E-state index in [1.165, 1.54) is 18.2 Å². The minimum Gasteiger partial charge on any atom is -0.479 e. The van der Waals surface area contributed by atoms with Crippen molar-refractivity contribution < 1.29 is 67.6 Å². The van der Waals surface area contributed by atoms with E-state index in [2.05, 4.69) is 15.2 Å². The van der Waals surface area contributed by atoms with Gasteiger partial charge in [0.05, 0.1) is 12.3 Å². The van der Waals surface area contributed by atoms with Gasteiger partial charge in [0.2, 0.25) is 18.1 Å². The summed E-state index contributed by atoms with van der Waals surface area (Å²) in [4.78, 5) is 56.4. The summed E-state index contributed by atoms with van der Waals surface area (Å²) in [6.45, 7) is 2.17. The van der Waals surface area contributed by atoms with Gasteiger partial charge in [0.1, 0.15) is 36.4 Å². The molecule has 2 rings (SSSR count). The van der Waals surface area contributed by atoms with E-state index in [9.17, 15) is 49.1 Å².